The zero-order valence-electron chi connectivity index (χ0n) is 14.1. The third-order valence-corrected chi connectivity index (χ3v) is 4.98. The van der Waals surface area contributed by atoms with Gasteiger partial charge in [-0.1, -0.05) is 25.5 Å². The molecule has 0 amide bonds. The number of aliphatic hydroxyl groups is 1. The Morgan fingerprint density at radius 2 is 1.88 bits per heavy atom. The second kappa shape index (κ2) is 7.45. The van der Waals surface area contributed by atoms with E-state index in [1.807, 2.05) is 13.0 Å². The molecule has 3 aromatic rings. The molecule has 0 spiro atoms. The number of halogens is 1. The maximum Gasteiger partial charge on any atom is 0.165 e. The quantitative estimate of drug-likeness (QED) is 0.682. The van der Waals surface area contributed by atoms with Crippen LogP contribution in [0.25, 0.3) is 16.9 Å². The number of benzene rings is 1. The van der Waals surface area contributed by atoms with Crippen LogP contribution in [0.15, 0.2) is 34.8 Å². The minimum Gasteiger partial charge on any atom is -0.396 e. The molecule has 0 aliphatic rings. The van der Waals surface area contributed by atoms with Crippen molar-refractivity contribution in [1.82, 2.24) is 14.5 Å². The van der Waals surface area contributed by atoms with E-state index >= 15 is 0 Å². The van der Waals surface area contributed by atoms with Gasteiger partial charge in [0.15, 0.2) is 5.65 Å². The Labute approximate surface area is 150 Å². The number of aliphatic hydroxyl groups excluding tert-OH is 1. The Bertz CT molecular complexity index is 840. The lowest BCUT2D eigenvalue weighted by molar-refractivity contribution is 0.299. The molecule has 3 rings (SSSR count). The summed E-state index contributed by atoms with van der Waals surface area (Å²) in [6, 6.07) is 10.3. The topological polar surface area (TPSA) is 50.9 Å². The molecule has 0 radical (unpaired) electrons. The van der Waals surface area contributed by atoms with E-state index in [9.17, 15) is 0 Å². The van der Waals surface area contributed by atoms with E-state index in [1.165, 1.54) is 0 Å². The Kier molecular flexibility index (Phi) is 5.31. The Morgan fingerprint density at radius 1 is 1.12 bits per heavy atom. The Balaban J connectivity index is 2.13. The summed E-state index contributed by atoms with van der Waals surface area (Å²) in [7, 11) is 0. The van der Waals surface area contributed by atoms with Crippen LogP contribution in [-0.2, 0) is 12.8 Å². The van der Waals surface area contributed by atoms with Gasteiger partial charge in [-0.05, 0) is 59.5 Å². The first-order valence-corrected chi connectivity index (χ1v) is 9.18. The number of hydrogen-bond acceptors (Lipinski definition) is 3. The highest BCUT2D eigenvalue weighted by atomic mass is 79.9. The van der Waals surface area contributed by atoms with Gasteiger partial charge in [-0.2, -0.15) is 0 Å². The lowest BCUT2D eigenvalue weighted by Crippen LogP contribution is -2.03. The van der Waals surface area contributed by atoms with Crippen LogP contribution in [0, 0.1) is 6.92 Å². The van der Waals surface area contributed by atoms with Gasteiger partial charge in [0.05, 0.1) is 5.69 Å². The summed E-state index contributed by atoms with van der Waals surface area (Å²) in [6.45, 7) is 4.36. The lowest BCUT2D eigenvalue weighted by atomic mass is 10.1. The fourth-order valence-corrected chi connectivity index (χ4v) is 3.14. The van der Waals surface area contributed by atoms with Crippen molar-refractivity contribution in [2.75, 3.05) is 6.61 Å². The smallest absolute Gasteiger partial charge is 0.165 e. The molecule has 0 unspecified atom stereocenters. The molecule has 1 N–H and O–H groups in total. The van der Waals surface area contributed by atoms with Crippen LogP contribution in [0.4, 0.5) is 0 Å². The highest BCUT2D eigenvalue weighted by molar-refractivity contribution is 9.10. The van der Waals surface area contributed by atoms with Gasteiger partial charge in [-0.15, -0.1) is 0 Å². The van der Waals surface area contributed by atoms with Crippen molar-refractivity contribution in [3.05, 3.63) is 51.9 Å². The van der Waals surface area contributed by atoms with Gasteiger partial charge in [0.2, 0.25) is 0 Å². The van der Waals surface area contributed by atoms with Crippen molar-refractivity contribution < 1.29 is 5.11 Å². The fourth-order valence-electron chi connectivity index (χ4n) is 2.83. The van der Waals surface area contributed by atoms with Crippen molar-refractivity contribution in [3.63, 3.8) is 0 Å². The summed E-state index contributed by atoms with van der Waals surface area (Å²) >= 11 is 3.55. The van der Waals surface area contributed by atoms with Crippen molar-refractivity contribution >= 4 is 27.1 Å². The molecular formula is C19H22BrN3O. The molecule has 5 heteroatoms. The van der Waals surface area contributed by atoms with Gasteiger partial charge < -0.3 is 5.11 Å². The standard InChI is InChI=1S/C19H22BrN3O/c1-3-4-5-18-22-17-12-16(20)13(2)21-19(17)23(18)15-8-6-14(7-9-15)10-11-24/h6-9,12,24H,3-5,10-11H2,1-2H3. The summed E-state index contributed by atoms with van der Waals surface area (Å²) in [5.74, 6) is 1.05. The number of unbranched alkanes of at least 4 members (excludes halogenated alkanes) is 1. The molecule has 1 aromatic carbocycles. The molecule has 0 fully saturated rings. The summed E-state index contributed by atoms with van der Waals surface area (Å²) in [4.78, 5) is 9.57. The van der Waals surface area contributed by atoms with Crippen molar-refractivity contribution in [1.29, 1.82) is 0 Å². The van der Waals surface area contributed by atoms with E-state index in [-0.39, 0.29) is 6.61 Å². The molecule has 0 aliphatic carbocycles. The highest BCUT2D eigenvalue weighted by Gasteiger charge is 2.15. The van der Waals surface area contributed by atoms with Crippen LogP contribution in [0.5, 0.6) is 0 Å². The number of hydrogen-bond donors (Lipinski definition) is 1. The van der Waals surface area contributed by atoms with Crippen LogP contribution < -0.4 is 0 Å². The van der Waals surface area contributed by atoms with Crippen molar-refractivity contribution in [2.24, 2.45) is 0 Å². The number of pyridine rings is 1. The molecule has 0 aliphatic heterocycles. The van der Waals surface area contributed by atoms with E-state index in [0.29, 0.717) is 6.42 Å². The van der Waals surface area contributed by atoms with Gasteiger partial charge in [0.1, 0.15) is 11.3 Å². The first-order valence-electron chi connectivity index (χ1n) is 8.38. The molecule has 0 saturated carbocycles. The van der Waals surface area contributed by atoms with E-state index in [4.69, 9.17) is 15.1 Å². The minimum atomic E-state index is 0.171. The van der Waals surface area contributed by atoms with Crippen LogP contribution in [-0.4, -0.2) is 26.2 Å². The van der Waals surface area contributed by atoms with Crippen LogP contribution in [0.2, 0.25) is 0 Å². The van der Waals surface area contributed by atoms with Crippen molar-refractivity contribution in [2.45, 2.75) is 39.5 Å². The zero-order chi connectivity index (χ0) is 17.1. The first kappa shape index (κ1) is 17.1. The molecular weight excluding hydrogens is 366 g/mol. The van der Waals surface area contributed by atoms with Gasteiger partial charge in [-0.25, -0.2) is 9.97 Å². The van der Waals surface area contributed by atoms with Gasteiger partial charge >= 0.3 is 0 Å². The number of imidazole rings is 1. The molecule has 2 heterocycles. The summed E-state index contributed by atoms with van der Waals surface area (Å²) in [6.07, 6.45) is 3.85. The number of aromatic nitrogens is 3. The van der Waals surface area contributed by atoms with Crippen LogP contribution in [0.3, 0.4) is 0 Å². The predicted octanol–water partition coefficient (Wildman–Crippen LogP) is 4.37. The Hall–Kier alpha value is -1.72. The predicted molar refractivity (Wildman–Crippen MR) is 101 cm³/mol. The molecule has 0 bridgehead atoms. The summed E-state index contributed by atoms with van der Waals surface area (Å²) in [5, 5.41) is 9.08. The average Bonchev–Trinajstić information content (AvgIpc) is 2.92. The SMILES string of the molecule is CCCCc1nc2cc(Br)c(C)nc2n1-c1ccc(CCO)cc1. The maximum absolute atomic E-state index is 9.08. The van der Waals surface area contributed by atoms with Gasteiger partial charge in [0.25, 0.3) is 0 Å². The summed E-state index contributed by atoms with van der Waals surface area (Å²) < 4.78 is 3.15. The largest absolute Gasteiger partial charge is 0.396 e. The molecule has 4 nitrogen and oxygen atoms in total. The average molecular weight is 388 g/mol. The highest BCUT2D eigenvalue weighted by Crippen LogP contribution is 2.26. The van der Waals surface area contributed by atoms with Crippen molar-refractivity contribution in [3.8, 4) is 5.69 Å². The van der Waals surface area contributed by atoms with Crippen LogP contribution >= 0.6 is 15.9 Å². The van der Waals surface area contributed by atoms with E-state index < -0.39 is 0 Å². The fraction of sp³-hybridized carbons (Fsp3) is 0.368. The number of nitrogens with zero attached hydrogens (tertiary/aromatic N) is 3. The molecule has 24 heavy (non-hydrogen) atoms. The molecule has 0 saturated heterocycles. The second-order valence-corrected chi connectivity index (χ2v) is 6.86. The first-order chi connectivity index (χ1) is 11.6. The number of rotatable bonds is 6. The third kappa shape index (κ3) is 3.37. The lowest BCUT2D eigenvalue weighted by Gasteiger charge is -2.10. The van der Waals surface area contributed by atoms with E-state index in [1.54, 1.807) is 0 Å². The third-order valence-electron chi connectivity index (χ3n) is 4.18. The number of fused-ring (bicyclic) bond motifs is 1. The number of aryl methyl sites for hydroxylation is 2. The molecule has 0 atom stereocenters. The Morgan fingerprint density at radius 3 is 2.54 bits per heavy atom. The van der Waals surface area contributed by atoms with Crippen LogP contribution in [0.1, 0.15) is 36.8 Å². The van der Waals surface area contributed by atoms with E-state index in [0.717, 1.165) is 57.7 Å². The summed E-state index contributed by atoms with van der Waals surface area (Å²) in [5.41, 5.74) is 4.98. The van der Waals surface area contributed by atoms with Gasteiger partial charge in [0, 0.05) is 23.2 Å². The normalized spacial score (nSPS) is 11.3. The maximum atomic E-state index is 9.08. The second-order valence-electron chi connectivity index (χ2n) is 6.01. The minimum absolute atomic E-state index is 0.171. The van der Waals surface area contributed by atoms with Gasteiger partial charge in [-0.3, -0.25) is 4.57 Å². The molecule has 2 aromatic heterocycles. The zero-order valence-corrected chi connectivity index (χ0v) is 15.7. The van der Waals surface area contributed by atoms with E-state index in [2.05, 4.69) is 51.7 Å². The molecule has 126 valence electrons. The monoisotopic (exact) mass is 387 g/mol.